The molecule has 1 heterocycles. The Morgan fingerprint density at radius 3 is 2.71 bits per heavy atom. The Bertz CT molecular complexity index is 522. The van der Waals surface area contributed by atoms with Crippen LogP contribution in [0.3, 0.4) is 0 Å². The zero-order valence-corrected chi connectivity index (χ0v) is 10.2. The first-order valence-electron chi connectivity index (χ1n) is 5.93. The largest absolute Gasteiger partial charge is 0.378 e. The summed E-state index contributed by atoms with van der Waals surface area (Å²) in [6.07, 6.45) is 2.25. The molecule has 1 atom stereocenters. The number of hydrogen-bond donors (Lipinski definition) is 1. The minimum absolute atomic E-state index is 0.405. The Labute approximate surface area is 106 Å². The summed E-state index contributed by atoms with van der Waals surface area (Å²) in [5.74, 6) is 0. The molecule has 0 saturated carbocycles. The average molecular weight is 244 g/mol. The minimum Gasteiger partial charge on any atom is -0.378 e. The van der Waals surface area contributed by atoms with Gasteiger partial charge in [0.1, 0.15) is 0 Å². The van der Waals surface area contributed by atoms with E-state index < -0.39 is 0 Å². The SMILES string of the molecule is Clc1ccc2c(c1)N[C@H](c1ccccc1)CC2. The highest BCUT2D eigenvalue weighted by Crippen LogP contribution is 2.33. The predicted octanol–water partition coefficient (Wildman–Crippen LogP) is 4.44. The van der Waals surface area contributed by atoms with Crippen molar-refractivity contribution in [2.24, 2.45) is 0 Å². The molecule has 0 aliphatic carbocycles. The second-order valence-electron chi connectivity index (χ2n) is 4.45. The Morgan fingerprint density at radius 1 is 1.06 bits per heavy atom. The third-order valence-electron chi connectivity index (χ3n) is 3.31. The van der Waals surface area contributed by atoms with Crippen LogP contribution in [0.2, 0.25) is 5.02 Å². The van der Waals surface area contributed by atoms with Crippen LogP contribution in [0.5, 0.6) is 0 Å². The van der Waals surface area contributed by atoms with Crippen molar-refractivity contribution >= 4 is 17.3 Å². The highest BCUT2D eigenvalue weighted by Gasteiger charge is 2.18. The second kappa shape index (κ2) is 4.42. The topological polar surface area (TPSA) is 12.0 Å². The quantitative estimate of drug-likeness (QED) is 0.781. The van der Waals surface area contributed by atoms with Crippen LogP contribution < -0.4 is 5.32 Å². The zero-order chi connectivity index (χ0) is 11.7. The molecule has 2 aromatic carbocycles. The maximum absolute atomic E-state index is 6.03. The molecule has 0 unspecified atom stereocenters. The molecular formula is C15H14ClN. The van der Waals surface area contributed by atoms with Gasteiger partial charge in [0.25, 0.3) is 0 Å². The van der Waals surface area contributed by atoms with Crippen LogP contribution in [0.1, 0.15) is 23.6 Å². The number of aryl methyl sites for hydroxylation is 1. The minimum atomic E-state index is 0.405. The predicted molar refractivity (Wildman–Crippen MR) is 72.6 cm³/mol. The lowest BCUT2D eigenvalue weighted by Crippen LogP contribution is -2.17. The van der Waals surface area contributed by atoms with Crippen molar-refractivity contribution in [3.8, 4) is 0 Å². The molecule has 1 nitrogen and oxygen atoms in total. The molecule has 86 valence electrons. The molecule has 1 N–H and O–H groups in total. The summed E-state index contributed by atoms with van der Waals surface area (Å²) >= 11 is 6.03. The molecular weight excluding hydrogens is 230 g/mol. The van der Waals surface area contributed by atoms with Gasteiger partial charge in [-0.2, -0.15) is 0 Å². The molecule has 2 aromatic rings. The van der Waals surface area contributed by atoms with Gasteiger partial charge in [0, 0.05) is 10.7 Å². The number of fused-ring (bicyclic) bond motifs is 1. The molecule has 3 rings (SSSR count). The van der Waals surface area contributed by atoms with E-state index in [2.05, 4.69) is 41.7 Å². The Kier molecular flexibility index (Phi) is 2.77. The van der Waals surface area contributed by atoms with Crippen molar-refractivity contribution < 1.29 is 0 Å². The first kappa shape index (κ1) is 10.7. The number of benzene rings is 2. The van der Waals surface area contributed by atoms with E-state index in [-0.39, 0.29) is 0 Å². The van der Waals surface area contributed by atoms with Gasteiger partial charge in [-0.05, 0) is 36.1 Å². The number of hydrogen-bond acceptors (Lipinski definition) is 1. The van der Waals surface area contributed by atoms with Crippen LogP contribution in [0.4, 0.5) is 5.69 Å². The van der Waals surface area contributed by atoms with E-state index in [1.165, 1.54) is 16.8 Å². The van der Waals surface area contributed by atoms with Crippen molar-refractivity contribution in [1.82, 2.24) is 0 Å². The Balaban J connectivity index is 1.90. The van der Waals surface area contributed by atoms with E-state index in [9.17, 15) is 0 Å². The lowest BCUT2D eigenvalue weighted by Gasteiger charge is -2.27. The van der Waals surface area contributed by atoms with Crippen molar-refractivity contribution in [3.63, 3.8) is 0 Å². The van der Waals surface area contributed by atoms with Gasteiger partial charge in [-0.3, -0.25) is 0 Å². The highest BCUT2D eigenvalue weighted by molar-refractivity contribution is 6.30. The summed E-state index contributed by atoms with van der Waals surface area (Å²) in [6.45, 7) is 0. The van der Waals surface area contributed by atoms with Crippen LogP contribution in [0.25, 0.3) is 0 Å². The van der Waals surface area contributed by atoms with Gasteiger partial charge < -0.3 is 5.32 Å². The lowest BCUT2D eigenvalue weighted by molar-refractivity contribution is 0.668. The maximum Gasteiger partial charge on any atom is 0.0517 e. The lowest BCUT2D eigenvalue weighted by atomic mass is 9.93. The fourth-order valence-electron chi connectivity index (χ4n) is 2.40. The third kappa shape index (κ3) is 2.16. The van der Waals surface area contributed by atoms with Gasteiger partial charge in [0.05, 0.1) is 6.04 Å². The summed E-state index contributed by atoms with van der Waals surface area (Å²) in [4.78, 5) is 0. The number of anilines is 1. The molecule has 0 saturated heterocycles. The monoisotopic (exact) mass is 243 g/mol. The normalized spacial score (nSPS) is 18.3. The van der Waals surface area contributed by atoms with Crippen LogP contribution >= 0.6 is 11.6 Å². The van der Waals surface area contributed by atoms with E-state index in [1.807, 2.05) is 12.1 Å². The zero-order valence-electron chi connectivity index (χ0n) is 9.49. The van der Waals surface area contributed by atoms with E-state index in [0.29, 0.717) is 6.04 Å². The summed E-state index contributed by atoms with van der Waals surface area (Å²) in [5, 5.41) is 4.37. The van der Waals surface area contributed by atoms with E-state index in [1.54, 1.807) is 0 Å². The molecule has 0 aromatic heterocycles. The van der Waals surface area contributed by atoms with Crippen molar-refractivity contribution in [2.75, 3.05) is 5.32 Å². The van der Waals surface area contributed by atoms with Gasteiger partial charge in [0.2, 0.25) is 0 Å². The number of halogens is 1. The molecule has 1 aliphatic heterocycles. The summed E-state index contributed by atoms with van der Waals surface area (Å²) in [7, 11) is 0. The summed E-state index contributed by atoms with van der Waals surface area (Å²) < 4.78 is 0. The van der Waals surface area contributed by atoms with Crippen molar-refractivity contribution in [1.29, 1.82) is 0 Å². The van der Waals surface area contributed by atoms with E-state index in [0.717, 1.165) is 17.9 Å². The number of rotatable bonds is 1. The molecule has 17 heavy (non-hydrogen) atoms. The fraction of sp³-hybridized carbons (Fsp3) is 0.200. The molecule has 0 bridgehead atoms. The van der Waals surface area contributed by atoms with Crippen LogP contribution in [0, 0.1) is 0 Å². The molecule has 0 amide bonds. The van der Waals surface area contributed by atoms with E-state index in [4.69, 9.17) is 11.6 Å². The van der Waals surface area contributed by atoms with Crippen LogP contribution in [0.15, 0.2) is 48.5 Å². The van der Waals surface area contributed by atoms with Crippen molar-refractivity contribution in [3.05, 3.63) is 64.7 Å². The van der Waals surface area contributed by atoms with Gasteiger partial charge in [-0.1, -0.05) is 48.0 Å². The van der Waals surface area contributed by atoms with Gasteiger partial charge in [-0.25, -0.2) is 0 Å². The summed E-state index contributed by atoms with van der Waals surface area (Å²) in [5.41, 5.74) is 3.89. The first-order valence-corrected chi connectivity index (χ1v) is 6.30. The Morgan fingerprint density at radius 2 is 1.88 bits per heavy atom. The molecule has 0 fully saturated rings. The fourth-order valence-corrected chi connectivity index (χ4v) is 2.57. The average Bonchev–Trinajstić information content (AvgIpc) is 2.39. The van der Waals surface area contributed by atoms with Crippen molar-refractivity contribution in [2.45, 2.75) is 18.9 Å². The molecule has 0 radical (unpaired) electrons. The van der Waals surface area contributed by atoms with Gasteiger partial charge in [-0.15, -0.1) is 0 Å². The maximum atomic E-state index is 6.03. The van der Waals surface area contributed by atoms with Crippen LogP contribution in [-0.4, -0.2) is 0 Å². The van der Waals surface area contributed by atoms with Gasteiger partial charge >= 0.3 is 0 Å². The first-order chi connectivity index (χ1) is 8.33. The molecule has 0 spiro atoms. The highest BCUT2D eigenvalue weighted by atomic mass is 35.5. The van der Waals surface area contributed by atoms with Gasteiger partial charge in [0.15, 0.2) is 0 Å². The van der Waals surface area contributed by atoms with Crippen LogP contribution in [-0.2, 0) is 6.42 Å². The third-order valence-corrected chi connectivity index (χ3v) is 3.54. The molecule has 2 heteroatoms. The number of nitrogens with one attached hydrogen (secondary N) is 1. The Hall–Kier alpha value is -1.47. The molecule has 1 aliphatic rings. The second-order valence-corrected chi connectivity index (χ2v) is 4.88. The van der Waals surface area contributed by atoms with E-state index >= 15 is 0 Å². The standard InChI is InChI=1S/C15H14ClN/c16-13-8-6-12-7-9-14(17-15(12)10-13)11-4-2-1-3-5-11/h1-6,8,10,14,17H,7,9H2/t14-/m0/s1. The summed E-state index contributed by atoms with van der Waals surface area (Å²) in [6, 6.07) is 17.1. The smallest absolute Gasteiger partial charge is 0.0517 e.